The van der Waals surface area contributed by atoms with Crippen LogP contribution in [0.1, 0.15) is 25.0 Å². The molecule has 7 aromatic rings. The Labute approximate surface area is 213 Å². The minimum Gasteiger partial charge on any atom is -0.422 e. The summed E-state index contributed by atoms with van der Waals surface area (Å²) < 4.78 is 7.97. The molecule has 2 aromatic heterocycles. The van der Waals surface area contributed by atoms with Gasteiger partial charge in [0.15, 0.2) is 0 Å². The Hall–Kier alpha value is -4.63. The second-order valence-electron chi connectivity index (χ2n) is 10.5. The smallest absolute Gasteiger partial charge is 0.344 e. The van der Waals surface area contributed by atoms with Crippen LogP contribution in [0.5, 0.6) is 0 Å². The zero-order chi connectivity index (χ0) is 24.9. The fourth-order valence-corrected chi connectivity index (χ4v) is 6.62. The van der Waals surface area contributed by atoms with Gasteiger partial charge in [0.25, 0.3) is 0 Å². The lowest BCUT2D eigenvalue weighted by Gasteiger charge is -2.22. The van der Waals surface area contributed by atoms with Crippen LogP contribution >= 0.6 is 0 Å². The first-order chi connectivity index (χ1) is 18.0. The van der Waals surface area contributed by atoms with E-state index >= 15 is 0 Å². The molecule has 0 saturated carbocycles. The summed E-state index contributed by atoms with van der Waals surface area (Å²) in [5.41, 5.74) is 8.76. The van der Waals surface area contributed by atoms with Crippen LogP contribution in [0.25, 0.3) is 60.4 Å². The van der Waals surface area contributed by atoms with Gasteiger partial charge in [0.05, 0.1) is 16.4 Å². The fraction of sp³-hybridized carbons (Fsp3) is 0.0882. The van der Waals surface area contributed by atoms with Crippen molar-refractivity contribution in [3.05, 3.63) is 125 Å². The van der Waals surface area contributed by atoms with Crippen LogP contribution in [-0.2, 0) is 5.41 Å². The molecule has 0 aliphatic heterocycles. The van der Waals surface area contributed by atoms with Crippen molar-refractivity contribution >= 4 is 43.5 Å². The van der Waals surface area contributed by atoms with Gasteiger partial charge in [-0.1, -0.05) is 86.6 Å². The summed E-state index contributed by atoms with van der Waals surface area (Å²) in [7, 11) is 0. The van der Waals surface area contributed by atoms with Gasteiger partial charge in [-0.25, -0.2) is 4.79 Å². The number of hydrogen-bond donors (Lipinski definition) is 0. The predicted octanol–water partition coefficient (Wildman–Crippen LogP) is 8.35. The Bertz CT molecular complexity index is 2140. The van der Waals surface area contributed by atoms with E-state index in [9.17, 15) is 4.79 Å². The largest absolute Gasteiger partial charge is 0.422 e. The Morgan fingerprint density at radius 2 is 1.41 bits per heavy atom. The first kappa shape index (κ1) is 20.6. The maximum Gasteiger partial charge on any atom is 0.344 e. The maximum absolute atomic E-state index is 13.0. The van der Waals surface area contributed by atoms with Crippen molar-refractivity contribution in [3.8, 4) is 16.8 Å². The highest BCUT2D eigenvalue weighted by Gasteiger charge is 2.37. The average molecular weight is 478 g/mol. The van der Waals surface area contributed by atoms with E-state index < -0.39 is 0 Å². The normalized spacial score (nSPS) is 14.0. The standard InChI is InChI=1S/C34H23NO2/c1-34(2)27-12-6-3-9-22(27)24-17-18-29-31(32(24)34)25-11-4-7-13-28(25)35(29)20-15-16-21-23-10-5-8-14-30(23)37-33(36)26(21)19-20/h3-19H,1-2H3. The lowest BCUT2D eigenvalue weighted by molar-refractivity contribution is 0.569. The van der Waals surface area contributed by atoms with Gasteiger partial charge in [-0.15, -0.1) is 0 Å². The number of benzene rings is 5. The third-order valence-corrected chi connectivity index (χ3v) is 8.22. The summed E-state index contributed by atoms with van der Waals surface area (Å²) in [5, 5.41) is 4.95. The SMILES string of the molecule is CC1(C)c2ccccc2-c2ccc3c(c21)c1ccccc1n3-c1ccc2c(c1)c(=O)oc1ccccc12. The van der Waals surface area contributed by atoms with Gasteiger partial charge in [-0.3, -0.25) is 0 Å². The van der Waals surface area contributed by atoms with Gasteiger partial charge in [0.2, 0.25) is 0 Å². The fourth-order valence-electron chi connectivity index (χ4n) is 6.62. The van der Waals surface area contributed by atoms with Crippen LogP contribution in [-0.4, -0.2) is 4.57 Å². The van der Waals surface area contributed by atoms with Crippen molar-refractivity contribution in [1.82, 2.24) is 4.57 Å². The van der Waals surface area contributed by atoms with Crippen molar-refractivity contribution in [2.45, 2.75) is 19.3 Å². The molecule has 0 saturated heterocycles. The molecule has 0 radical (unpaired) electrons. The third kappa shape index (κ3) is 2.58. The molecule has 8 rings (SSSR count). The number of hydrogen-bond acceptors (Lipinski definition) is 2. The van der Waals surface area contributed by atoms with Crippen molar-refractivity contribution in [1.29, 1.82) is 0 Å². The summed E-state index contributed by atoms with van der Waals surface area (Å²) in [6, 6.07) is 35.7. The lowest BCUT2D eigenvalue weighted by atomic mass is 9.80. The molecule has 1 aliphatic carbocycles. The quantitative estimate of drug-likeness (QED) is 0.176. The van der Waals surface area contributed by atoms with Crippen LogP contribution in [0.15, 0.2) is 112 Å². The van der Waals surface area contributed by atoms with E-state index in [1.165, 1.54) is 33.0 Å². The molecule has 176 valence electrons. The zero-order valence-corrected chi connectivity index (χ0v) is 20.6. The van der Waals surface area contributed by atoms with E-state index in [1.807, 2.05) is 30.3 Å². The van der Waals surface area contributed by atoms with E-state index in [4.69, 9.17) is 4.42 Å². The first-order valence-electron chi connectivity index (χ1n) is 12.7. The molecular formula is C34H23NO2. The van der Waals surface area contributed by atoms with Gasteiger partial charge in [-0.2, -0.15) is 0 Å². The molecule has 37 heavy (non-hydrogen) atoms. The monoisotopic (exact) mass is 477 g/mol. The first-order valence-corrected chi connectivity index (χ1v) is 12.7. The minimum atomic E-state index is -0.311. The summed E-state index contributed by atoms with van der Waals surface area (Å²) >= 11 is 0. The summed E-state index contributed by atoms with van der Waals surface area (Å²) in [5.74, 6) is 0. The van der Waals surface area contributed by atoms with E-state index in [0.717, 1.165) is 27.5 Å². The second kappa shape index (κ2) is 6.98. The number of nitrogens with zero attached hydrogens (tertiary/aromatic N) is 1. The molecule has 2 heterocycles. The van der Waals surface area contributed by atoms with Gasteiger partial charge < -0.3 is 8.98 Å². The number of rotatable bonds is 1. The molecule has 3 nitrogen and oxygen atoms in total. The summed E-state index contributed by atoms with van der Waals surface area (Å²) in [4.78, 5) is 13.0. The van der Waals surface area contributed by atoms with Crippen LogP contribution in [0.3, 0.4) is 0 Å². The average Bonchev–Trinajstić information content (AvgIpc) is 3.38. The molecule has 0 bridgehead atoms. The van der Waals surface area contributed by atoms with Crippen LogP contribution < -0.4 is 5.63 Å². The van der Waals surface area contributed by atoms with Crippen molar-refractivity contribution < 1.29 is 4.42 Å². The predicted molar refractivity (Wildman–Crippen MR) is 152 cm³/mol. The van der Waals surface area contributed by atoms with Gasteiger partial charge in [-0.05, 0) is 52.6 Å². The number of fused-ring (bicyclic) bond motifs is 10. The second-order valence-corrected chi connectivity index (χ2v) is 10.5. The minimum absolute atomic E-state index is 0.121. The van der Waals surface area contributed by atoms with E-state index in [1.54, 1.807) is 0 Å². The Kier molecular flexibility index (Phi) is 3.88. The van der Waals surface area contributed by atoms with Gasteiger partial charge in [0, 0.05) is 32.6 Å². The molecule has 1 aliphatic rings. The van der Waals surface area contributed by atoms with E-state index in [2.05, 4.69) is 91.2 Å². The van der Waals surface area contributed by atoms with Crippen LogP contribution in [0, 0.1) is 0 Å². The highest BCUT2D eigenvalue weighted by Crippen LogP contribution is 2.53. The van der Waals surface area contributed by atoms with Crippen molar-refractivity contribution in [2.24, 2.45) is 0 Å². The van der Waals surface area contributed by atoms with Gasteiger partial charge in [0.1, 0.15) is 5.58 Å². The van der Waals surface area contributed by atoms with E-state index in [0.29, 0.717) is 11.0 Å². The van der Waals surface area contributed by atoms with Crippen molar-refractivity contribution in [2.75, 3.05) is 0 Å². The highest BCUT2D eigenvalue weighted by atomic mass is 16.4. The number of aromatic nitrogens is 1. The Morgan fingerprint density at radius 3 is 2.30 bits per heavy atom. The van der Waals surface area contributed by atoms with Gasteiger partial charge >= 0.3 is 5.63 Å². The molecule has 0 fully saturated rings. The van der Waals surface area contributed by atoms with Crippen LogP contribution in [0.2, 0.25) is 0 Å². The Morgan fingerprint density at radius 1 is 0.649 bits per heavy atom. The Balaban J connectivity index is 1.49. The molecule has 0 amide bonds. The number of para-hydroxylation sites is 2. The molecule has 5 aromatic carbocycles. The molecule has 0 unspecified atom stereocenters. The van der Waals surface area contributed by atoms with Crippen molar-refractivity contribution in [3.63, 3.8) is 0 Å². The third-order valence-electron chi connectivity index (χ3n) is 8.22. The maximum atomic E-state index is 13.0. The lowest BCUT2D eigenvalue weighted by Crippen LogP contribution is -2.15. The van der Waals surface area contributed by atoms with Crippen LogP contribution in [0.4, 0.5) is 0 Å². The molecule has 0 atom stereocenters. The molecule has 3 heteroatoms. The zero-order valence-electron chi connectivity index (χ0n) is 20.6. The highest BCUT2D eigenvalue weighted by molar-refractivity contribution is 6.14. The topological polar surface area (TPSA) is 35.1 Å². The molecule has 0 N–H and O–H groups in total. The summed E-state index contributed by atoms with van der Waals surface area (Å²) in [6.07, 6.45) is 0. The molecule has 0 spiro atoms. The van der Waals surface area contributed by atoms with E-state index in [-0.39, 0.29) is 11.0 Å². The molecular weight excluding hydrogens is 454 g/mol. The summed E-state index contributed by atoms with van der Waals surface area (Å²) in [6.45, 7) is 4.66.